The zero-order valence-corrected chi connectivity index (χ0v) is 23.8. The Bertz CT molecular complexity index is 1490. The molecule has 3 aliphatic rings. The molecule has 6 rings (SSSR count). The second-order valence-corrected chi connectivity index (χ2v) is 11.6. The van der Waals surface area contributed by atoms with Gasteiger partial charge in [-0.15, -0.1) is 0 Å². The van der Waals surface area contributed by atoms with Gasteiger partial charge >= 0.3 is 0 Å². The summed E-state index contributed by atoms with van der Waals surface area (Å²) < 4.78 is 46.3. The Morgan fingerprint density at radius 3 is 2.50 bits per heavy atom. The van der Waals surface area contributed by atoms with Gasteiger partial charge in [0.1, 0.15) is 0 Å². The summed E-state index contributed by atoms with van der Waals surface area (Å²) in [4.78, 5) is 16.4. The van der Waals surface area contributed by atoms with Crippen molar-refractivity contribution in [2.75, 3.05) is 19.7 Å². The lowest BCUT2D eigenvalue weighted by Crippen LogP contribution is -2.60. The maximum Gasteiger partial charge on any atom is 0.252 e. The molecule has 1 aliphatic carbocycles. The average Bonchev–Trinajstić information content (AvgIpc) is 3.84. The lowest BCUT2D eigenvalue weighted by molar-refractivity contribution is -0.128. The van der Waals surface area contributed by atoms with Crippen LogP contribution in [0.5, 0.6) is 5.75 Å². The highest BCUT2D eigenvalue weighted by Gasteiger charge is 2.41. The van der Waals surface area contributed by atoms with Gasteiger partial charge in [0.15, 0.2) is 17.4 Å². The molecular formula is C34H36F3N3O2. The minimum Gasteiger partial charge on any atom is -0.488 e. The lowest BCUT2D eigenvalue weighted by atomic mass is 9.83. The fourth-order valence-corrected chi connectivity index (χ4v) is 6.08. The van der Waals surface area contributed by atoms with Crippen molar-refractivity contribution in [3.63, 3.8) is 0 Å². The number of nitrogens with zero attached hydrogens (tertiary/aromatic N) is 1. The third-order valence-electron chi connectivity index (χ3n) is 8.54. The van der Waals surface area contributed by atoms with Crippen molar-refractivity contribution in [2.24, 2.45) is 0 Å². The molecule has 1 saturated carbocycles. The van der Waals surface area contributed by atoms with Crippen LogP contribution in [0.3, 0.4) is 0 Å². The highest BCUT2D eigenvalue weighted by Crippen LogP contribution is 2.36. The van der Waals surface area contributed by atoms with E-state index in [1.165, 1.54) is 11.1 Å². The van der Waals surface area contributed by atoms with E-state index in [1.54, 1.807) is 0 Å². The molecule has 2 unspecified atom stereocenters. The van der Waals surface area contributed by atoms with E-state index >= 15 is 0 Å². The smallest absolute Gasteiger partial charge is 0.252 e. The number of amides is 1. The highest BCUT2D eigenvalue weighted by molar-refractivity contribution is 6.03. The Hall–Kier alpha value is -3.62. The van der Waals surface area contributed by atoms with E-state index in [-0.39, 0.29) is 30.6 Å². The molecule has 0 radical (unpaired) electrons. The van der Waals surface area contributed by atoms with Gasteiger partial charge in [0.2, 0.25) is 5.82 Å². The molecule has 0 spiro atoms. The van der Waals surface area contributed by atoms with Crippen LogP contribution in [-0.4, -0.2) is 48.6 Å². The zero-order chi connectivity index (χ0) is 29.2. The van der Waals surface area contributed by atoms with Crippen molar-refractivity contribution in [1.29, 1.82) is 0 Å². The summed E-state index contributed by atoms with van der Waals surface area (Å²) in [6.45, 7) is 4.35. The predicted molar refractivity (Wildman–Crippen MR) is 156 cm³/mol. The molecule has 0 aromatic heterocycles. The van der Waals surface area contributed by atoms with Crippen LogP contribution in [0, 0.1) is 24.4 Å². The van der Waals surface area contributed by atoms with Crippen molar-refractivity contribution in [1.82, 2.24) is 15.5 Å². The summed E-state index contributed by atoms with van der Waals surface area (Å²) in [5.41, 5.74) is 6.44. The number of halogens is 3. The van der Waals surface area contributed by atoms with E-state index < -0.39 is 23.2 Å². The summed E-state index contributed by atoms with van der Waals surface area (Å²) in [5.74, 6) is -3.92. The number of piperazine rings is 1. The van der Waals surface area contributed by atoms with E-state index in [0.29, 0.717) is 25.9 Å². The molecule has 1 amide bonds. The van der Waals surface area contributed by atoms with Gasteiger partial charge in [-0.3, -0.25) is 4.79 Å². The lowest BCUT2D eigenvalue weighted by Gasteiger charge is -2.41. The average molecular weight is 576 g/mol. The van der Waals surface area contributed by atoms with E-state index in [0.717, 1.165) is 60.2 Å². The Morgan fingerprint density at radius 1 is 0.976 bits per heavy atom. The minimum absolute atomic E-state index is 0.0430. The maximum absolute atomic E-state index is 14.3. The SMILES string of the molecule is Cc1ccccc1CN(C(=O)C1=C(c2ccc(CCCOc3c(F)ccc(F)c3F)cc2)CC2CNCC1N2)C1CC1. The fraction of sp³-hybridized carbons (Fsp3) is 0.382. The first kappa shape index (κ1) is 28.5. The van der Waals surface area contributed by atoms with E-state index in [2.05, 4.69) is 46.7 Å². The first-order chi connectivity index (χ1) is 20.4. The van der Waals surface area contributed by atoms with Gasteiger partial charge in [-0.25, -0.2) is 8.78 Å². The third-order valence-corrected chi connectivity index (χ3v) is 8.54. The minimum atomic E-state index is -1.31. The van der Waals surface area contributed by atoms with Gasteiger partial charge in [0.25, 0.3) is 5.91 Å². The Morgan fingerprint density at radius 2 is 1.74 bits per heavy atom. The summed E-state index contributed by atoms with van der Waals surface area (Å²) >= 11 is 0. The molecule has 3 aromatic rings. The molecule has 42 heavy (non-hydrogen) atoms. The number of benzene rings is 3. The van der Waals surface area contributed by atoms with Crippen LogP contribution in [0.15, 0.2) is 66.2 Å². The first-order valence-corrected chi connectivity index (χ1v) is 14.8. The fourth-order valence-electron chi connectivity index (χ4n) is 6.08. The molecular weight excluding hydrogens is 539 g/mol. The molecule has 3 aromatic carbocycles. The molecule has 1 saturated heterocycles. The quantitative estimate of drug-likeness (QED) is 0.241. The Labute approximate surface area is 244 Å². The molecule has 220 valence electrons. The number of hydrogen-bond acceptors (Lipinski definition) is 4. The molecule has 2 N–H and O–H groups in total. The number of aryl methyl sites for hydroxylation is 2. The zero-order valence-electron chi connectivity index (χ0n) is 23.8. The van der Waals surface area contributed by atoms with Gasteiger partial charge in [-0.05, 0) is 79.0 Å². The maximum atomic E-state index is 14.3. The summed E-state index contributed by atoms with van der Waals surface area (Å²) in [6.07, 6.45) is 3.99. The second-order valence-electron chi connectivity index (χ2n) is 11.6. The predicted octanol–water partition coefficient (Wildman–Crippen LogP) is 5.70. The molecule has 8 heteroatoms. The van der Waals surface area contributed by atoms with Crippen molar-refractivity contribution in [3.05, 3.63) is 106 Å². The molecule has 2 bridgehead atoms. The summed E-state index contributed by atoms with van der Waals surface area (Å²) in [7, 11) is 0. The van der Waals surface area contributed by atoms with Crippen molar-refractivity contribution in [2.45, 2.75) is 63.7 Å². The third kappa shape index (κ3) is 6.10. The largest absolute Gasteiger partial charge is 0.488 e. The van der Waals surface area contributed by atoms with Crippen LogP contribution >= 0.6 is 0 Å². The molecule has 2 atom stereocenters. The molecule has 5 nitrogen and oxygen atoms in total. The van der Waals surface area contributed by atoms with E-state index in [4.69, 9.17) is 4.74 Å². The monoisotopic (exact) mass is 575 g/mol. The number of carbonyl (C=O) groups is 1. The van der Waals surface area contributed by atoms with Gasteiger partial charge in [0, 0.05) is 37.3 Å². The van der Waals surface area contributed by atoms with Crippen LogP contribution in [0.25, 0.3) is 5.57 Å². The van der Waals surface area contributed by atoms with E-state index in [1.807, 2.05) is 24.3 Å². The van der Waals surface area contributed by atoms with Crippen molar-refractivity contribution >= 4 is 11.5 Å². The first-order valence-electron chi connectivity index (χ1n) is 14.8. The van der Waals surface area contributed by atoms with Crippen LogP contribution in [0.2, 0.25) is 0 Å². The molecule has 2 aliphatic heterocycles. The summed E-state index contributed by atoms with van der Waals surface area (Å²) in [6, 6.07) is 18.6. The normalized spacial score (nSPS) is 20.0. The summed E-state index contributed by atoms with van der Waals surface area (Å²) in [5, 5.41) is 7.18. The second kappa shape index (κ2) is 12.3. The molecule has 2 heterocycles. The van der Waals surface area contributed by atoms with Gasteiger partial charge in [0.05, 0.1) is 12.6 Å². The number of nitrogens with one attached hydrogen (secondary N) is 2. The number of ether oxygens (including phenoxy) is 1. The van der Waals surface area contributed by atoms with Gasteiger partial charge < -0.3 is 20.3 Å². The van der Waals surface area contributed by atoms with Crippen molar-refractivity contribution < 1.29 is 22.7 Å². The van der Waals surface area contributed by atoms with Crippen LogP contribution in [-0.2, 0) is 17.8 Å². The number of hydrogen-bond donors (Lipinski definition) is 2. The van der Waals surface area contributed by atoms with Gasteiger partial charge in [-0.2, -0.15) is 4.39 Å². The Kier molecular flexibility index (Phi) is 8.36. The Balaban J connectivity index is 1.19. The molecule has 2 fully saturated rings. The van der Waals surface area contributed by atoms with Gasteiger partial charge in [-0.1, -0.05) is 48.5 Å². The topological polar surface area (TPSA) is 53.6 Å². The number of carbonyl (C=O) groups excluding carboxylic acids is 1. The van der Waals surface area contributed by atoms with E-state index in [9.17, 15) is 18.0 Å². The van der Waals surface area contributed by atoms with Crippen LogP contribution in [0.1, 0.15) is 47.9 Å². The number of rotatable bonds is 10. The highest BCUT2D eigenvalue weighted by atomic mass is 19.2. The number of fused-ring (bicyclic) bond motifs is 2. The standard InChI is InChI=1S/C34H36F3N3O2/c1-21-5-2-3-7-24(21)20-40(26-12-13-26)34(41)31-27(17-25-18-38-19-30(31)39-25)23-10-8-22(9-11-23)6-4-16-42-33-29(36)15-14-28(35)32(33)37/h2-3,5,7-11,14-15,25-26,30,38-39H,4,6,12-13,16-20H2,1H3. The van der Waals surface area contributed by atoms with Crippen molar-refractivity contribution in [3.8, 4) is 5.75 Å². The van der Waals surface area contributed by atoms with Crippen LogP contribution in [0.4, 0.5) is 13.2 Å². The van der Waals surface area contributed by atoms with Crippen LogP contribution < -0.4 is 15.4 Å².